The molecule has 0 bridgehead atoms. The van der Waals surface area contributed by atoms with Crippen molar-refractivity contribution < 1.29 is 4.74 Å². The SMILES string of the molecule is CC(C)Oc1ccc(C2(C)CNCCCN2C)cc1. The van der Waals surface area contributed by atoms with E-state index in [-0.39, 0.29) is 11.6 Å². The lowest BCUT2D eigenvalue weighted by atomic mass is 9.90. The van der Waals surface area contributed by atoms with E-state index in [1.165, 1.54) is 12.0 Å². The highest BCUT2D eigenvalue weighted by Crippen LogP contribution is 2.29. The number of hydrogen-bond donors (Lipinski definition) is 1. The van der Waals surface area contributed by atoms with Crippen LogP contribution in [0.15, 0.2) is 24.3 Å². The number of hydrogen-bond acceptors (Lipinski definition) is 3. The summed E-state index contributed by atoms with van der Waals surface area (Å²) in [6, 6.07) is 8.56. The summed E-state index contributed by atoms with van der Waals surface area (Å²) in [6.07, 6.45) is 1.43. The van der Waals surface area contributed by atoms with Gasteiger partial charge in [0.2, 0.25) is 0 Å². The second kappa shape index (κ2) is 5.93. The van der Waals surface area contributed by atoms with Gasteiger partial charge >= 0.3 is 0 Å². The van der Waals surface area contributed by atoms with E-state index < -0.39 is 0 Å². The number of rotatable bonds is 3. The molecule has 1 N–H and O–H groups in total. The van der Waals surface area contributed by atoms with Gasteiger partial charge in [-0.25, -0.2) is 0 Å². The Kier molecular flexibility index (Phi) is 4.48. The minimum absolute atomic E-state index is 0.0624. The molecule has 0 aromatic heterocycles. The molecule has 2 rings (SSSR count). The molecular weight excluding hydrogens is 236 g/mol. The van der Waals surface area contributed by atoms with Crippen LogP contribution in [0, 0.1) is 0 Å². The Morgan fingerprint density at radius 1 is 1.26 bits per heavy atom. The Bertz CT molecular complexity index is 402. The summed E-state index contributed by atoms with van der Waals surface area (Å²) < 4.78 is 5.71. The van der Waals surface area contributed by atoms with Gasteiger partial charge in [-0.2, -0.15) is 0 Å². The highest BCUT2D eigenvalue weighted by Gasteiger charge is 2.32. The van der Waals surface area contributed by atoms with E-state index >= 15 is 0 Å². The first-order chi connectivity index (χ1) is 9.02. The van der Waals surface area contributed by atoms with E-state index in [9.17, 15) is 0 Å². The van der Waals surface area contributed by atoms with Crippen LogP contribution in [0.25, 0.3) is 0 Å². The zero-order valence-electron chi connectivity index (χ0n) is 12.6. The summed E-state index contributed by atoms with van der Waals surface area (Å²) in [7, 11) is 2.21. The van der Waals surface area contributed by atoms with Crippen molar-refractivity contribution in [1.82, 2.24) is 10.2 Å². The van der Waals surface area contributed by atoms with Gasteiger partial charge in [0, 0.05) is 6.54 Å². The van der Waals surface area contributed by atoms with E-state index in [4.69, 9.17) is 4.74 Å². The quantitative estimate of drug-likeness (QED) is 0.906. The first kappa shape index (κ1) is 14.4. The topological polar surface area (TPSA) is 24.5 Å². The normalized spacial score (nSPS) is 25.3. The van der Waals surface area contributed by atoms with Crippen LogP contribution in [0.1, 0.15) is 32.8 Å². The maximum absolute atomic E-state index is 5.71. The average molecular weight is 262 g/mol. The zero-order valence-corrected chi connectivity index (χ0v) is 12.6. The fourth-order valence-electron chi connectivity index (χ4n) is 2.64. The van der Waals surface area contributed by atoms with Crippen molar-refractivity contribution in [2.24, 2.45) is 0 Å². The summed E-state index contributed by atoms with van der Waals surface area (Å²) in [5, 5.41) is 3.54. The van der Waals surface area contributed by atoms with Crippen LogP contribution < -0.4 is 10.1 Å². The lowest BCUT2D eigenvalue weighted by Gasteiger charge is -2.38. The van der Waals surface area contributed by atoms with Gasteiger partial charge in [-0.1, -0.05) is 12.1 Å². The molecule has 1 saturated heterocycles. The third-order valence-electron chi connectivity index (χ3n) is 4.01. The van der Waals surface area contributed by atoms with E-state index in [0.717, 1.165) is 25.4 Å². The maximum Gasteiger partial charge on any atom is 0.119 e. The van der Waals surface area contributed by atoms with Gasteiger partial charge in [0.15, 0.2) is 0 Å². The molecule has 0 radical (unpaired) electrons. The smallest absolute Gasteiger partial charge is 0.119 e. The van der Waals surface area contributed by atoms with Gasteiger partial charge in [-0.15, -0.1) is 0 Å². The summed E-state index contributed by atoms with van der Waals surface area (Å²) in [4.78, 5) is 2.45. The number of likely N-dealkylation sites (N-methyl/N-ethyl adjacent to an activating group) is 1. The summed E-state index contributed by atoms with van der Waals surface area (Å²) in [5.41, 5.74) is 1.41. The minimum atomic E-state index is 0.0624. The lowest BCUT2D eigenvalue weighted by Crippen LogP contribution is -2.46. The third kappa shape index (κ3) is 3.28. The number of nitrogens with zero attached hydrogens (tertiary/aromatic N) is 1. The van der Waals surface area contributed by atoms with Gasteiger partial charge in [-0.05, 0) is 65.0 Å². The molecule has 1 aliphatic heterocycles. The van der Waals surface area contributed by atoms with Crippen molar-refractivity contribution in [3.8, 4) is 5.75 Å². The number of benzene rings is 1. The molecule has 0 spiro atoms. The second-order valence-corrected chi connectivity index (χ2v) is 5.92. The molecule has 3 nitrogen and oxygen atoms in total. The summed E-state index contributed by atoms with van der Waals surface area (Å²) in [6.45, 7) is 9.65. The maximum atomic E-state index is 5.71. The standard InChI is InChI=1S/C16H26N2O/c1-13(2)19-15-8-6-14(7-9-15)16(3)12-17-10-5-11-18(16)4/h6-9,13,17H,5,10-12H2,1-4H3. The fourth-order valence-corrected chi connectivity index (χ4v) is 2.64. The van der Waals surface area contributed by atoms with Crippen LogP contribution in [-0.4, -0.2) is 37.7 Å². The van der Waals surface area contributed by atoms with E-state index in [1.807, 2.05) is 0 Å². The summed E-state index contributed by atoms with van der Waals surface area (Å²) >= 11 is 0. The molecule has 1 atom stereocenters. The van der Waals surface area contributed by atoms with Crippen molar-refractivity contribution in [1.29, 1.82) is 0 Å². The molecule has 19 heavy (non-hydrogen) atoms. The van der Waals surface area contributed by atoms with Crippen molar-refractivity contribution in [2.45, 2.75) is 38.8 Å². The molecule has 0 amide bonds. The van der Waals surface area contributed by atoms with Gasteiger partial charge in [0.25, 0.3) is 0 Å². The predicted molar refractivity (Wildman–Crippen MR) is 79.7 cm³/mol. The molecular formula is C16H26N2O. The molecule has 0 saturated carbocycles. The Hall–Kier alpha value is -1.06. The fraction of sp³-hybridized carbons (Fsp3) is 0.625. The Morgan fingerprint density at radius 2 is 1.95 bits per heavy atom. The van der Waals surface area contributed by atoms with Crippen molar-refractivity contribution in [2.75, 3.05) is 26.7 Å². The zero-order chi connectivity index (χ0) is 13.9. The van der Waals surface area contributed by atoms with Crippen LogP contribution in [0.5, 0.6) is 5.75 Å². The number of nitrogens with one attached hydrogen (secondary N) is 1. The summed E-state index contributed by atoms with van der Waals surface area (Å²) in [5.74, 6) is 0.951. The molecule has 1 fully saturated rings. The van der Waals surface area contributed by atoms with Gasteiger partial charge in [-0.3, -0.25) is 4.90 Å². The Labute approximate surface area is 116 Å². The van der Waals surface area contributed by atoms with Crippen LogP contribution in [-0.2, 0) is 5.54 Å². The van der Waals surface area contributed by atoms with Crippen LogP contribution in [0.2, 0.25) is 0 Å². The molecule has 3 heteroatoms. The third-order valence-corrected chi connectivity index (χ3v) is 4.01. The van der Waals surface area contributed by atoms with E-state index in [0.29, 0.717) is 0 Å². The molecule has 1 aromatic rings. The highest BCUT2D eigenvalue weighted by molar-refractivity contribution is 5.32. The monoisotopic (exact) mass is 262 g/mol. The average Bonchev–Trinajstić information content (AvgIpc) is 2.53. The minimum Gasteiger partial charge on any atom is -0.491 e. The molecule has 0 aliphatic carbocycles. The van der Waals surface area contributed by atoms with Gasteiger partial charge in [0.1, 0.15) is 5.75 Å². The highest BCUT2D eigenvalue weighted by atomic mass is 16.5. The molecule has 106 valence electrons. The van der Waals surface area contributed by atoms with Crippen molar-refractivity contribution >= 4 is 0 Å². The first-order valence-corrected chi connectivity index (χ1v) is 7.21. The van der Waals surface area contributed by atoms with Gasteiger partial charge in [0.05, 0.1) is 11.6 Å². The van der Waals surface area contributed by atoms with Crippen LogP contribution in [0.3, 0.4) is 0 Å². The van der Waals surface area contributed by atoms with Crippen LogP contribution >= 0.6 is 0 Å². The van der Waals surface area contributed by atoms with Crippen molar-refractivity contribution in [3.63, 3.8) is 0 Å². The molecule has 1 aliphatic rings. The lowest BCUT2D eigenvalue weighted by molar-refractivity contribution is 0.151. The Morgan fingerprint density at radius 3 is 2.58 bits per heavy atom. The number of ether oxygens (including phenoxy) is 1. The van der Waals surface area contributed by atoms with E-state index in [1.54, 1.807) is 0 Å². The van der Waals surface area contributed by atoms with Crippen LogP contribution in [0.4, 0.5) is 0 Å². The van der Waals surface area contributed by atoms with Crippen molar-refractivity contribution in [3.05, 3.63) is 29.8 Å². The van der Waals surface area contributed by atoms with Gasteiger partial charge < -0.3 is 10.1 Å². The molecule has 1 aromatic carbocycles. The molecule has 1 unspecified atom stereocenters. The first-order valence-electron chi connectivity index (χ1n) is 7.21. The largest absolute Gasteiger partial charge is 0.491 e. The Balaban J connectivity index is 2.19. The second-order valence-electron chi connectivity index (χ2n) is 5.92. The van der Waals surface area contributed by atoms with E-state index in [2.05, 4.69) is 62.3 Å². The predicted octanol–water partition coefficient (Wildman–Crippen LogP) is 2.61. The molecule has 1 heterocycles.